The number of nitrogen functional groups attached to an aromatic ring is 1. The van der Waals surface area contributed by atoms with Crippen molar-refractivity contribution in [1.82, 2.24) is 14.6 Å². The summed E-state index contributed by atoms with van der Waals surface area (Å²) in [5.41, 5.74) is 8.40. The monoisotopic (exact) mass is 380 g/mol. The number of hydrogen-bond donors (Lipinski definition) is 1. The molecule has 1 aliphatic heterocycles. The van der Waals surface area contributed by atoms with E-state index in [1.54, 1.807) is 0 Å². The lowest BCUT2D eigenvalue weighted by molar-refractivity contribution is -0.120. The predicted molar refractivity (Wildman–Crippen MR) is 109 cm³/mol. The molecule has 6 nitrogen and oxygen atoms in total. The van der Waals surface area contributed by atoms with Gasteiger partial charge in [0.25, 0.3) is 0 Å². The molecule has 1 aromatic carbocycles. The Kier molecular flexibility index (Phi) is 5.08. The van der Waals surface area contributed by atoms with E-state index in [0.29, 0.717) is 12.4 Å². The fourth-order valence-corrected chi connectivity index (χ4v) is 4.51. The van der Waals surface area contributed by atoms with Crippen LogP contribution in [0.1, 0.15) is 44.9 Å². The Morgan fingerprint density at radius 1 is 1.18 bits per heavy atom. The molecule has 148 valence electrons. The predicted octanol–water partition coefficient (Wildman–Crippen LogP) is 3.95. The number of aromatic nitrogens is 3. The number of hydrogen-bond acceptors (Lipinski definition) is 5. The maximum atomic E-state index is 6.71. The summed E-state index contributed by atoms with van der Waals surface area (Å²) >= 11 is 0. The number of fused-ring (bicyclic) bond motifs is 1. The lowest BCUT2D eigenvalue weighted by atomic mass is 9.84. The van der Waals surface area contributed by atoms with E-state index in [-0.39, 0.29) is 18.1 Å². The molecular formula is C22H28N4O2. The quantitative estimate of drug-likeness (QED) is 0.701. The van der Waals surface area contributed by atoms with Gasteiger partial charge in [0, 0.05) is 5.92 Å². The van der Waals surface area contributed by atoms with E-state index in [0.717, 1.165) is 29.6 Å². The van der Waals surface area contributed by atoms with E-state index >= 15 is 0 Å². The van der Waals surface area contributed by atoms with Crippen LogP contribution in [0, 0.1) is 5.92 Å². The molecule has 3 heterocycles. The van der Waals surface area contributed by atoms with Crippen LogP contribution in [0.15, 0.2) is 48.8 Å². The minimum atomic E-state index is -0.581. The first kappa shape index (κ1) is 18.9. The Morgan fingerprint density at radius 2 is 1.96 bits per heavy atom. The fourth-order valence-electron chi connectivity index (χ4n) is 4.51. The van der Waals surface area contributed by atoms with Crippen molar-refractivity contribution < 1.29 is 9.47 Å². The standard InChI is InChI=1S/C22H28N4O2/c1-4-18-15(3)20(27-13-16-9-7-6-8-10-16)22(5-2,28-18)19-12-11-17-21(23)24-14-25-26(17)19/h6-12,14-15,18,20H,4-5,13H2,1-3H3,(H2,23,24,25)/t15-,18-,20-,22+/m1/s1. The maximum Gasteiger partial charge on any atom is 0.151 e. The molecule has 1 fully saturated rings. The van der Waals surface area contributed by atoms with E-state index in [2.05, 4.69) is 43.0 Å². The summed E-state index contributed by atoms with van der Waals surface area (Å²) in [6, 6.07) is 14.3. The molecule has 1 aliphatic rings. The average Bonchev–Trinajstić information content (AvgIpc) is 3.28. The number of rotatable bonds is 6. The van der Waals surface area contributed by atoms with E-state index in [4.69, 9.17) is 15.2 Å². The molecule has 0 unspecified atom stereocenters. The van der Waals surface area contributed by atoms with E-state index in [1.165, 1.54) is 6.33 Å². The summed E-state index contributed by atoms with van der Waals surface area (Å²) in [5, 5.41) is 4.46. The van der Waals surface area contributed by atoms with Crippen molar-refractivity contribution >= 4 is 11.3 Å². The van der Waals surface area contributed by atoms with Crippen molar-refractivity contribution in [3.05, 3.63) is 60.0 Å². The van der Waals surface area contributed by atoms with Crippen LogP contribution in [-0.2, 0) is 21.7 Å². The molecule has 4 atom stereocenters. The van der Waals surface area contributed by atoms with Crippen LogP contribution in [0.4, 0.5) is 5.82 Å². The van der Waals surface area contributed by atoms with Crippen molar-refractivity contribution in [3.63, 3.8) is 0 Å². The highest BCUT2D eigenvalue weighted by atomic mass is 16.6. The molecule has 2 N–H and O–H groups in total. The zero-order valence-corrected chi connectivity index (χ0v) is 16.7. The van der Waals surface area contributed by atoms with Crippen LogP contribution in [-0.4, -0.2) is 26.8 Å². The molecule has 1 saturated heterocycles. The summed E-state index contributed by atoms with van der Waals surface area (Å²) in [4.78, 5) is 4.11. The Labute approximate surface area is 165 Å². The van der Waals surface area contributed by atoms with Gasteiger partial charge in [0.15, 0.2) is 5.82 Å². The second kappa shape index (κ2) is 7.53. The van der Waals surface area contributed by atoms with Gasteiger partial charge in [-0.1, -0.05) is 51.1 Å². The Hall–Kier alpha value is -2.44. The molecule has 0 saturated carbocycles. The third-order valence-electron chi connectivity index (χ3n) is 6.00. The third-order valence-corrected chi connectivity index (χ3v) is 6.00. The van der Waals surface area contributed by atoms with Crippen molar-refractivity contribution in [3.8, 4) is 0 Å². The molecule has 3 aromatic rings. The lowest BCUT2D eigenvalue weighted by Gasteiger charge is -2.34. The topological polar surface area (TPSA) is 74.7 Å². The van der Waals surface area contributed by atoms with Gasteiger partial charge in [0.1, 0.15) is 17.4 Å². The van der Waals surface area contributed by atoms with Crippen LogP contribution in [0.25, 0.3) is 5.52 Å². The van der Waals surface area contributed by atoms with Gasteiger partial charge in [-0.05, 0) is 30.5 Å². The molecule has 6 heteroatoms. The summed E-state index contributed by atoms with van der Waals surface area (Å²) in [7, 11) is 0. The van der Waals surface area contributed by atoms with Gasteiger partial charge in [0.05, 0.1) is 24.5 Å². The highest BCUT2D eigenvalue weighted by Crippen LogP contribution is 2.48. The number of nitrogens with two attached hydrogens (primary N) is 1. The van der Waals surface area contributed by atoms with Gasteiger partial charge in [-0.2, -0.15) is 5.10 Å². The van der Waals surface area contributed by atoms with Crippen LogP contribution in [0.3, 0.4) is 0 Å². The number of nitrogens with zero attached hydrogens (tertiary/aromatic N) is 3. The number of benzene rings is 1. The lowest BCUT2D eigenvalue weighted by Crippen LogP contribution is -2.41. The van der Waals surface area contributed by atoms with Crippen LogP contribution in [0.2, 0.25) is 0 Å². The average molecular weight is 380 g/mol. The molecule has 0 bridgehead atoms. The maximum absolute atomic E-state index is 6.71. The van der Waals surface area contributed by atoms with Gasteiger partial charge in [-0.3, -0.25) is 0 Å². The van der Waals surface area contributed by atoms with Crippen LogP contribution < -0.4 is 5.73 Å². The first-order chi connectivity index (χ1) is 13.6. The van der Waals surface area contributed by atoms with E-state index < -0.39 is 5.60 Å². The smallest absolute Gasteiger partial charge is 0.151 e. The van der Waals surface area contributed by atoms with E-state index in [9.17, 15) is 0 Å². The Balaban J connectivity index is 1.75. The number of ether oxygens (including phenoxy) is 2. The Bertz CT molecular complexity index is 942. The third kappa shape index (κ3) is 2.97. The van der Waals surface area contributed by atoms with Gasteiger partial charge in [0.2, 0.25) is 0 Å². The fraction of sp³-hybridized carbons (Fsp3) is 0.455. The zero-order chi connectivity index (χ0) is 19.7. The summed E-state index contributed by atoms with van der Waals surface area (Å²) < 4.78 is 15.1. The van der Waals surface area contributed by atoms with Gasteiger partial charge < -0.3 is 15.2 Å². The first-order valence-electron chi connectivity index (χ1n) is 10.0. The van der Waals surface area contributed by atoms with Crippen molar-refractivity contribution in [1.29, 1.82) is 0 Å². The summed E-state index contributed by atoms with van der Waals surface area (Å²) in [6.07, 6.45) is 3.25. The molecule has 4 rings (SSSR count). The van der Waals surface area contributed by atoms with E-state index in [1.807, 2.05) is 34.8 Å². The molecule has 0 aliphatic carbocycles. The molecule has 0 amide bonds. The normalized spacial score (nSPS) is 27.5. The van der Waals surface area contributed by atoms with Gasteiger partial charge in [-0.25, -0.2) is 9.50 Å². The zero-order valence-electron chi connectivity index (χ0n) is 16.7. The van der Waals surface area contributed by atoms with Crippen LogP contribution >= 0.6 is 0 Å². The SMILES string of the molecule is CC[C@H]1O[C@@](CC)(c2ccc3c(N)ncnn23)[C@H](OCc2ccccc2)[C@@H]1C. The van der Waals surface area contributed by atoms with Crippen molar-refractivity contribution in [2.24, 2.45) is 5.92 Å². The van der Waals surface area contributed by atoms with Crippen molar-refractivity contribution in [2.75, 3.05) is 5.73 Å². The molecule has 0 radical (unpaired) electrons. The largest absolute Gasteiger partial charge is 0.382 e. The second-order valence-corrected chi connectivity index (χ2v) is 7.54. The highest BCUT2D eigenvalue weighted by molar-refractivity contribution is 5.65. The summed E-state index contributed by atoms with van der Waals surface area (Å²) in [6.45, 7) is 7.09. The minimum absolute atomic E-state index is 0.0862. The summed E-state index contributed by atoms with van der Waals surface area (Å²) in [5.74, 6) is 0.728. The molecular weight excluding hydrogens is 352 g/mol. The highest BCUT2D eigenvalue weighted by Gasteiger charge is 2.54. The van der Waals surface area contributed by atoms with Crippen molar-refractivity contribution in [2.45, 2.75) is 58.0 Å². The second-order valence-electron chi connectivity index (χ2n) is 7.54. The number of anilines is 1. The van der Waals surface area contributed by atoms with Crippen LogP contribution in [0.5, 0.6) is 0 Å². The molecule has 0 spiro atoms. The Morgan fingerprint density at radius 3 is 2.68 bits per heavy atom. The minimum Gasteiger partial charge on any atom is -0.382 e. The first-order valence-corrected chi connectivity index (χ1v) is 10.0. The molecule has 28 heavy (non-hydrogen) atoms. The van der Waals surface area contributed by atoms with Gasteiger partial charge >= 0.3 is 0 Å². The molecule has 2 aromatic heterocycles. The van der Waals surface area contributed by atoms with Gasteiger partial charge in [-0.15, -0.1) is 0 Å².